The minimum absolute atomic E-state index is 0.0651. The Labute approximate surface area is 124 Å². The summed E-state index contributed by atoms with van der Waals surface area (Å²) in [6.07, 6.45) is 2.22. The molecule has 2 aliphatic rings. The number of benzene rings is 1. The lowest BCUT2D eigenvalue weighted by molar-refractivity contribution is -0.137. The molecular formula is C16H21FN2O2. The van der Waals surface area contributed by atoms with E-state index in [1.807, 2.05) is 11.8 Å². The van der Waals surface area contributed by atoms with Crippen LogP contribution in [0.25, 0.3) is 0 Å². The van der Waals surface area contributed by atoms with Crippen molar-refractivity contribution >= 4 is 5.91 Å². The first-order valence-corrected chi connectivity index (χ1v) is 7.46. The fourth-order valence-electron chi connectivity index (χ4n) is 3.04. The molecule has 3 rings (SSSR count). The van der Waals surface area contributed by atoms with Crippen molar-refractivity contribution in [1.29, 1.82) is 0 Å². The van der Waals surface area contributed by atoms with Gasteiger partial charge in [-0.05, 0) is 43.4 Å². The molecule has 2 fully saturated rings. The number of β-amino-alcohol motifs (C(OH)–C–C–N with tert-alkyl or cyclic N) is 1. The van der Waals surface area contributed by atoms with Gasteiger partial charge < -0.3 is 10.4 Å². The van der Waals surface area contributed by atoms with Crippen LogP contribution in [0.5, 0.6) is 0 Å². The zero-order valence-corrected chi connectivity index (χ0v) is 12.2. The average molecular weight is 292 g/mol. The minimum Gasteiger partial charge on any atom is -0.387 e. The third-order valence-corrected chi connectivity index (χ3v) is 4.45. The highest BCUT2D eigenvalue weighted by Gasteiger charge is 2.51. The Kier molecular flexibility index (Phi) is 3.71. The van der Waals surface area contributed by atoms with Crippen LogP contribution in [0, 0.1) is 11.7 Å². The van der Waals surface area contributed by atoms with Gasteiger partial charge >= 0.3 is 0 Å². The van der Waals surface area contributed by atoms with E-state index >= 15 is 0 Å². The second-order valence-corrected chi connectivity index (χ2v) is 6.36. The van der Waals surface area contributed by atoms with E-state index in [1.165, 1.54) is 12.1 Å². The zero-order valence-electron chi connectivity index (χ0n) is 12.2. The minimum atomic E-state index is -0.553. The van der Waals surface area contributed by atoms with E-state index in [9.17, 15) is 14.3 Å². The molecule has 114 valence electrons. The Morgan fingerprint density at radius 2 is 2.05 bits per heavy atom. The number of nitrogens with zero attached hydrogens (tertiary/aromatic N) is 1. The predicted molar refractivity (Wildman–Crippen MR) is 77.1 cm³/mol. The normalized spacial score (nSPS) is 22.4. The molecule has 0 spiro atoms. The van der Waals surface area contributed by atoms with Crippen LogP contribution >= 0.6 is 0 Å². The fourth-order valence-corrected chi connectivity index (χ4v) is 3.04. The number of hydrogen-bond acceptors (Lipinski definition) is 3. The molecule has 1 saturated carbocycles. The molecule has 1 aliphatic carbocycles. The van der Waals surface area contributed by atoms with E-state index in [2.05, 4.69) is 5.32 Å². The molecule has 5 heteroatoms. The smallest absolute Gasteiger partial charge is 0.234 e. The molecule has 0 aromatic heterocycles. The Bertz CT molecular complexity index is 522. The third kappa shape index (κ3) is 3.24. The van der Waals surface area contributed by atoms with Crippen molar-refractivity contribution in [3.8, 4) is 0 Å². The summed E-state index contributed by atoms with van der Waals surface area (Å²) in [7, 11) is 0. The molecule has 1 heterocycles. The van der Waals surface area contributed by atoms with Gasteiger partial charge in [0.2, 0.25) is 5.91 Å². The number of nitrogens with one attached hydrogen (secondary N) is 1. The van der Waals surface area contributed by atoms with Crippen LogP contribution in [-0.4, -0.2) is 41.1 Å². The van der Waals surface area contributed by atoms with Crippen molar-refractivity contribution in [2.24, 2.45) is 5.92 Å². The lowest BCUT2D eigenvalue weighted by Crippen LogP contribution is -2.64. The summed E-state index contributed by atoms with van der Waals surface area (Å²) in [5.41, 5.74) is 0.325. The molecule has 1 saturated heterocycles. The highest BCUT2D eigenvalue weighted by molar-refractivity contribution is 5.78. The van der Waals surface area contributed by atoms with Crippen LogP contribution < -0.4 is 5.32 Å². The Hall–Kier alpha value is -1.46. The standard InChI is InChI=1S/C16H21FN2O2/c1-11(12-2-6-14(17)7-3-12)18-15(20)8-19-9-16(21,10-19)13-4-5-13/h2-3,6-7,11,13,21H,4-5,8-10H2,1H3,(H,18,20). The van der Waals surface area contributed by atoms with Gasteiger partial charge in [-0.1, -0.05) is 12.1 Å². The first kappa shape index (κ1) is 14.5. The highest BCUT2D eigenvalue weighted by Crippen LogP contribution is 2.44. The molecule has 21 heavy (non-hydrogen) atoms. The van der Waals surface area contributed by atoms with Gasteiger partial charge in [-0.25, -0.2) is 4.39 Å². The van der Waals surface area contributed by atoms with Gasteiger partial charge in [-0.3, -0.25) is 9.69 Å². The second kappa shape index (κ2) is 5.39. The Morgan fingerprint density at radius 1 is 1.43 bits per heavy atom. The zero-order chi connectivity index (χ0) is 15.0. The molecule has 1 unspecified atom stereocenters. The number of likely N-dealkylation sites (tertiary alicyclic amines) is 1. The molecule has 1 aromatic rings. The van der Waals surface area contributed by atoms with Gasteiger partial charge in [0, 0.05) is 13.1 Å². The summed E-state index contributed by atoms with van der Waals surface area (Å²) in [4.78, 5) is 13.9. The van der Waals surface area contributed by atoms with Crippen molar-refractivity contribution in [2.75, 3.05) is 19.6 Å². The number of aliphatic hydroxyl groups is 1. The lowest BCUT2D eigenvalue weighted by Gasteiger charge is -2.46. The number of amides is 1. The van der Waals surface area contributed by atoms with Crippen molar-refractivity contribution in [1.82, 2.24) is 10.2 Å². The Balaban J connectivity index is 1.45. The predicted octanol–water partition coefficient (Wildman–Crippen LogP) is 1.46. The maximum atomic E-state index is 12.9. The summed E-state index contributed by atoms with van der Waals surface area (Å²) < 4.78 is 12.9. The molecule has 0 radical (unpaired) electrons. The molecular weight excluding hydrogens is 271 g/mol. The Morgan fingerprint density at radius 3 is 2.62 bits per heavy atom. The summed E-state index contributed by atoms with van der Waals surface area (Å²) in [6, 6.07) is 5.99. The molecule has 1 atom stereocenters. The van der Waals surface area contributed by atoms with Crippen LogP contribution in [0.2, 0.25) is 0 Å². The molecule has 2 N–H and O–H groups in total. The van der Waals surface area contributed by atoms with Gasteiger partial charge in [0.1, 0.15) is 5.82 Å². The van der Waals surface area contributed by atoms with Crippen LogP contribution in [0.3, 0.4) is 0 Å². The summed E-state index contributed by atoms with van der Waals surface area (Å²) in [5, 5.41) is 13.1. The molecule has 1 aliphatic heterocycles. The van der Waals surface area contributed by atoms with E-state index < -0.39 is 5.60 Å². The van der Waals surface area contributed by atoms with Crippen molar-refractivity contribution in [2.45, 2.75) is 31.4 Å². The second-order valence-electron chi connectivity index (χ2n) is 6.36. The number of carbonyl (C=O) groups is 1. The van der Waals surface area contributed by atoms with Gasteiger partial charge in [0.05, 0.1) is 18.2 Å². The van der Waals surface area contributed by atoms with E-state index in [4.69, 9.17) is 0 Å². The van der Waals surface area contributed by atoms with Gasteiger partial charge in [0.15, 0.2) is 0 Å². The number of halogens is 1. The number of hydrogen-bond donors (Lipinski definition) is 2. The van der Waals surface area contributed by atoms with Gasteiger partial charge in [0.25, 0.3) is 0 Å². The van der Waals surface area contributed by atoms with Crippen LogP contribution in [0.1, 0.15) is 31.4 Å². The van der Waals surface area contributed by atoms with E-state index in [0.29, 0.717) is 25.6 Å². The average Bonchev–Trinajstić information content (AvgIpc) is 3.21. The number of carbonyl (C=O) groups excluding carboxylic acids is 1. The monoisotopic (exact) mass is 292 g/mol. The maximum absolute atomic E-state index is 12.9. The van der Waals surface area contributed by atoms with Gasteiger partial charge in [-0.15, -0.1) is 0 Å². The number of rotatable bonds is 5. The summed E-state index contributed by atoms with van der Waals surface area (Å²) in [6.45, 7) is 3.37. The van der Waals surface area contributed by atoms with Crippen molar-refractivity contribution < 1.29 is 14.3 Å². The summed E-state index contributed by atoms with van der Waals surface area (Å²) >= 11 is 0. The van der Waals surface area contributed by atoms with Crippen molar-refractivity contribution in [3.05, 3.63) is 35.6 Å². The first-order valence-electron chi connectivity index (χ1n) is 7.46. The third-order valence-electron chi connectivity index (χ3n) is 4.45. The lowest BCUT2D eigenvalue weighted by atomic mass is 9.89. The highest BCUT2D eigenvalue weighted by atomic mass is 19.1. The van der Waals surface area contributed by atoms with Crippen LogP contribution in [0.4, 0.5) is 4.39 Å². The van der Waals surface area contributed by atoms with E-state index in [-0.39, 0.29) is 17.8 Å². The largest absolute Gasteiger partial charge is 0.387 e. The summed E-state index contributed by atoms with van der Waals surface area (Å²) in [5.74, 6) is 0.0943. The SMILES string of the molecule is CC(NC(=O)CN1CC(O)(C2CC2)C1)c1ccc(F)cc1. The maximum Gasteiger partial charge on any atom is 0.234 e. The first-order chi connectivity index (χ1) is 9.96. The van der Waals surface area contributed by atoms with Crippen LogP contribution in [-0.2, 0) is 4.79 Å². The quantitative estimate of drug-likeness (QED) is 0.864. The molecule has 0 bridgehead atoms. The fraction of sp³-hybridized carbons (Fsp3) is 0.562. The molecule has 4 nitrogen and oxygen atoms in total. The van der Waals surface area contributed by atoms with Crippen LogP contribution in [0.15, 0.2) is 24.3 Å². The van der Waals surface area contributed by atoms with E-state index in [1.54, 1.807) is 12.1 Å². The van der Waals surface area contributed by atoms with Crippen molar-refractivity contribution in [3.63, 3.8) is 0 Å². The molecule has 1 aromatic carbocycles. The van der Waals surface area contributed by atoms with E-state index in [0.717, 1.165) is 18.4 Å². The molecule has 1 amide bonds. The topological polar surface area (TPSA) is 52.6 Å². The van der Waals surface area contributed by atoms with Gasteiger partial charge in [-0.2, -0.15) is 0 Å².